The van der Waals surface area contributed by atoms with Crippen molar-refractivity contribution >= 4 is 28.2 Å². The van der Waals surface area contributed by atoms with Gasteiger partial charge in [-0.25, -0.2) is 22.5 Å². The molecule has 0 aromatic carbocycles. The number of anilines is 1. The minimum absolute atomic E-state index is 0. The smallest absolute Gasteiger partial charge is 0.211 e. The minimum Gasteiger partial charge on any atom is -0.352 e. The Labute approximate surface area is 143 Å². The van der Waals surface area contributed by atoms with Gasteiger partial charge in [-0.3, -0.25) is 0 Å². The highest BCUT2D eigenvalue weighted by Gasteiger charge is 2.44. The predicted octanol–water partition coefficient (Wildman–Crippen LogP) is 2.19. The van der Waals surface area contributed by atoms with E-state index in [4.69, 9.17) is 0 Å². The second-order valence-electron chi connectivity index (χ2n) is 6.26. The fourth-order valence-electron chi connectivity index (χ4n) is 3.30. The quantitative estimate of drug-likeness (QED) is 0.841. The Hall–Kier alpha value is -0.920. The molecule has 0 radical (unpaired) electrons. The van der Waals surface area contributed by atoms with Crippen LogP contribution in [0, 0.1) is 17.7 Å². The standard InChI is InChI=1S/C15H22FN3O2S.ClH/c1-2-8-22(20,21)18-14-10-19(9-12(14)11-5-6-11)15-13(16)4-3-7-17-15;/h3-4,7,11-12,14,18H,2,5-6,8-10H2,1H3;1H/t12-,14+;/m1./s1. The first kappa shape index (κ1) is 18.4. The van der Waals surface area contributed by atoms with Gasteiger partial charge in [-0.05, 0) is 43.2 Å². The summed E-state index contributed by atoms with van der Waals surface area (Å²) in [5, 5.41) is 0. The molecule has 2 aliphatic rings. The van der Waals surface area contributed by atoms with Crippen molar-refractivity contribution in [3.63, 3.8) is 0 Å². The summed E-state index contributed by atoms with van der Waals surface area (Å²) in [7, 11) is -3.26. The first-order valence-corrected chi connectivity index (χ1v) is 9.51. The molecule has 1 aromatic rings. The van der Waals surface area contributed by atoms with E-state index in [-0.39, 0.29) is 35.9 Å². The van der Waals surface area contributed by atoms with Gasteiger partial charge < -0.3 is 4.90 Å². The van der Waals surface area contributed by atoms with Crippen molar-refractivity contribution in [2.24, 2.45) is 11.8 Å². The number of nitrogens with one attached hydrogen (secondary N) is 1. The molecule has 5 nitrogen and oxygen atoms in total. The van der Waals surface area contributed by atoms with Crippen molar-refractivity contribution in [2.45, 2.75) is 32.2 Å². The Kier molecular flexibility index (Phi) is 5.86. The van der Waals surface area contributed by atoms with E-state index in [1.54, 1.807) is 12.3 Å². The number of hydrogen-bond acceptors (Lipinski definition) is 4. The fourth-order valence-corrected chi connectivity index (χ4v) is 4.66. The Morgan fingerprint density at radius 3 is 2.74 bits per heavy atom. The van der Waals surface area contributed by atoms with E-state index >= 15 is 0 Å². The molecule has 130 valence electrons. The van der Waals surface area contributed by atoms with E-state index in [1.807, 2.05) is 11.8 Å². The van der Waals surface area contributed by atoms with Crippen LogP contribution in [0.3, 0.4) is 0 Å². The molecule has 1 saturated carbocycles. The van der Waals surface area contributed by atoms with Gasteiger partial charge in [0.2, 0.25) is 10.0 Å². The van der Waals surface area contributed by atoms with Crippen LogP contribution in [0.5, 0.6) is 0 Å². The summed E-state index contributed by atoms with van der Waals surface area (Å²) < 4.78 is 40.9. The maximum atomic E-state index is 13.9. The van der Waals surface area contributed by atoms with Gasteiger partial charge in [-0.2, -0.15) is 0 Å². The van der Waals surface area contributed by atoms with Crippen LogP contribution in [0.4, 0.5) is 10.2 Å². The lowest BCUT2D eigenvalue weighted by Crippen LogP contribution is -2.42. The van der Waals surface area contributed by atoms with Crippen molar-refractivity contribution in [2.75, 3.05) is 23.7 Å². The zero-order chi connectivity index (χ0) is 15.7. The molecule has 1 aliphatic heterocycles. The van der Waals surface area contributed by atoms with Crippen molar-refractivity contribution in [3.8, 4) is 0 Å². The van der Waals surface area contributed by atoms with Crippen molar-refractivity contribution < 1.29 is 12.8 Å². The average Bonchev–Trinajstić information content (AvgIpc) is 3.21. The van der Waals surface area contributed by atoms with Gasteiger partial charge in [0.25, 0.3) is 0 Å². The maximum absolute atomic E-state index is 13.9. The van der Waals surface area contributed by atoms with Crippen LogP contribution < -0.4 is 9.62 Å². The van der Waals surface area contributed by atoms with Gasteiger partial charge in [-0.15, -0.1) is 12.4 Å². The number of hydrogen-bond donors (Lipinski definition) is 1. The number of nitrogens with zero attached hydrogens (tertiary/aromatic N) is 2. The highest BCUT2D eigenvalue weighted by atomic mass is 35.5. The van der Waals surface area contributed by atoms with E-state index in [0.29, 0.717) is 31.2 Å². The summed E-state index contributed by atoms with van der Waals surface area (Å²) in [6.45, 7) is 3.00. The van der Waals surface area contributed by atoms with Gasteiger partial charge in [0.15, 0.2) is 11.6 Å². The molecule has 1 aliphatic carbocycles. The van der Waals surface area contributed by atoms with Crippen molar-refractivity contribution in [1.29, 1.82) is 0 Å². The van der Waals surface area contributed by atoms with Gasteiger partial charge in [-0.1, -0.05) is 6.92 Å². The van der Waals surface area contributed by atoms with Crippen molar-refractivity contribution in [3.05, 3.63) is 24.1 Å². The summed E-state index contributed by atoms with van der Waals surface area (Å²) >= 11 is 0. The van der Waals surface area contributed by atoms with E-state index in [0.717, 1.165) is 12.8 Å². The Morgan fingerprint density at radius 1 is 1.39 bits per heavy atom. The molecule has 0 amide bonds. The van der Waals surface area contributed by atoms with Crippen LogP contribution in [0.25, 0.3) is 0 Å². The van der Waals surface area contributed by atoms with E-state index in [9.17, 15) is 12.8 Å². The zero-order valence-corrected chi connectivity index (χ0v) is 14.7. The number of pyridine rings is 1. The number of halogens is 2. The first-order chi connectivity index (χ1) is 10.5. The van der Waals surface area contributed by atoms with Crippen LogP contribution in [-0.2, 0) is 10.0 Å². The SMILES string of the molecule is CCCS(=O)(=O)N[C@H]1CN(c2ncccc2F)C[C@@H]1C1CC1.Cl. The minimum atomic E-state index is -3.26. The van der Waals surface area contributed by atoms with Crippen LogP contribution in [0.15, 0.2) is 18.3 Å². The summed E-state index contributed by atoms with van der Waals surface area (Å²) in [4.78, 5) is 5.99. The molecule has 1 aromatic heterocycles. The van der Waals surface area contributed by atoms with Crippen LogP contribution >= 0.6 is 12.4 Å². The lowest BCUT2D eigenvalue weighted by molar-refractivity contribution is 0.426. The fraction of sp³-hybridized carbons (Fsp3) is 0.667. The molecule has 0 bridgehead atoms. The molecular formula is C15H23ClFN3O2S. The molecule has 8 heteroatoms. The van der Waals surface area contributed by atoms with Crippen molar-refractivity contribution in [1.82, 2.24) is 9.71 Å². The molecular weight excluding hydrogens is 341 g/mol. The lowest BCUT2D eigenvalue weighted by atomic mass is 9.99. The second-order valence-corrected chi connectivity index (χ2v) is 8.13. The van der Waals surface area contributed by atoms with Crippen LogP contribution in [0.2, 0.25) is 0 Å². The Morgan fingerprint density at radius 2 is 2.13 bits per heavy atom. The third-order valence-electron chi connectivity index (χ3n) is 4.43. The average molecular weight is 364 g/mol. The topological polar surface area (TPSA) is 62.3 Å². The zero-order valence-electron chi connectivity index (χ0n) is 13.1. The van der Waals surface area contributed by atoms with Crippen LogP contribution in [0.1, 0.15) is 26.2 Å². The third kappa shape index (κ3) is 4.33. The predicted molar refractivity (Wildman–Crippen MR) is 90.9 cm³/mol. The van der Waals surface area contributed by atoms with Gasteiger partial charge in [0.1, 0.15) is 0 Å². The summed E-state index contributed by atoms with van der Waals surface area (Å²) in [5.74, 6) is 0.900. The summed E-state index contributed by atoms with van der Waals surface area (Å²) in [6, 6.07) is 2.81. The molecule has 0 unspecified atom stereocenters. The van der Waals surface area contributed by atoms with Crippen LogP contribution in [-0.4, -0.2) is 38.3 Å². The van der Waals surface area contributed by atoms with E-state index in [1.165, 1.54) is 6.07 Å². The summed E-state index contributed by atoms with van der Waals surface area (Å²) in [5.41, 5.74) is 0. The monoisotopic (exact) mass is 363 g/mol. The molecule has 2 atom stereocenters. The third-order valence-corrected chi connectivity index (χ3v) is 6.04. The molecule has 3 rings (SSSR count). The highest BCUT2D eigenvalue weighted by molar-refractivity contribution is 7.89. The normalized spacial score (nSPS) is 24.5. The van der Waals surface area contributed by atoms with E-state index < -0.39 is 10.0 Å². The van der Waals surface area contributed by atoms with E-state index in [2.05, 4.69) is 9.71 Å². The molecule has 1 saturated heterocycles. The lowest BCUT2D eigenvalue weighted by Gasteiger charge is -2.19. The second kappa shape index (κ2) is 7.32. The summed E-state index contributed by atoms with van der Waals surface area (Å²) in [6.07, 6.45) is 4.43. The highest BCUT2D eigenvalue weighted by Crippen LogP contribution is 2.42. The molecule has 1 N–H and O–H groups in total. The number of sulfonamides is 1. The van der Waals surface area contributed by atoms with Gasteiger partial charge in [0.05, 0.1) is 5.75 Å². The molecule has 2 fully saturated rings. The molecule has 23 heavy (non-hydrogen) atoms. The first-order valence-electron chi connectivity index (χ1n) is 7.85. The number of aromatic nitrogens is 1. The number of rotatable bonds is 6. The maximum Gasteiger partial charge on any atom is 0.211 e. The Bertz CT molecular complexity index is 639. The largest absolute Gasteiger partial charge is 0.352 e. The van der Waals surface area contributed by atoms with Gasteiger partial charge in [0, 0.05) is 25.3 Å². The van der Waals surface area contributed by atoms with Gasteiger partial charge >= 0.3 is 0 Å². The molecule has 2 heterocycles. The Balaban J connectivity index is 0.00000192. The molecule has 0 spiro atoms.